The van der Waals surface area contributed by atoms with Gasteiger partial charge in [-0.1, -0.05) is 35.5 Å². The molecule has 0 spiro atoms. The zero-order valence-corrected chi connectivity index (χ0v) is 16.4. The Bertz CT molecular complexity index is 1170. The molecule has 0 radical (unpaired) electrons. The van der Waals surface area contributed by atoms with Crippen molar-refractivity contribution >= 4 is 17.1 Å². The van der Waals surface area contributed by atoms with Crippen LogP contribution in [0.2, 0.25) is 0 Å². The SMILES string of the molecule is O=C(O)N1CCC(c2nc3ccccc3n2Cc2cn(-c3ccccc3)nn2)CC1. The molecule has 30 heavy (non-hydrogen) atoms. The molecule has 1 saturated heterocycles. The van der Waals surface area contributed by atoms with Crippen molar-refractivity contribution < 1.29 is 9.90 Å². The number of benzene rings is 2. The lowest BCUT2D eigenvalue weighted by Gasteiger charge is -2.29. The van der Waals surface area contributed by atoms with Gasteiger partial charge < -0.3 is 14.6 Å². The number of carboxylic acid groups (broad SMARTS) is 1. The van der Waals surface area contributed by atoms with Crippen molar-refractivity contribution in [1.82, 2.24) is 29.4 Å². The minimum Gasteiger partial charge on any atom is -0.465 e. The number of hydrogen-bond acceptors (Lipinski definition) is 4. The smallest absolute Gasteiger partial charge is 0.407 e. The number of nitrogens with zero attached hydrogens (tertiary/aromatic N) is 6. The van der Waals surface area contributed by atoms with Crippen molar-refractivity contribution in [3.63, 3.8) is 0 Å². The van der Waals surface area contributed by atoms with Crippen LogP contribution >= 0.6 is 0 Å². The van der Waals surface area contributed by atoms with Crippen LogP contribution in [-0.4, -0.2) is 53.7 Å². The molecular weight excluding hydrogens is 380 g/mol. The Kier molecular flexibility index (Phi) is 4.66. The topological polar surface area (TPSA) is 89.1 Å². The Morgan fingerprint density at radius 3 is 2.53 bits per heavy atom. The second-order valence-electron chi connectivity index (χ2n) is 7.58. The van der Waals surface area contributed by atoms with E-state index in [1.807, 2.05) is 54.7 Å². The largest absolute Gasteiger partial charge is 0.465 e. The Labute approximate surface area is 173 Å². The molecule has 0 aliphatic carbocycles. The first-order valence-corrected chi connectivity index (χ1v) is 10.1. The zero-order valence-electron chi connectivity index (χ0n) is 16.4. The molecule has 2 aromatic carbocycles. The number of rotatable bonds is 4. The van der Waals surface area contributed by atoms with E-state index in [-0.39, 0.29) is 5.92 Å². The molecule has 152 valence electrons. The fourth-order valence-corrected chi connectivity index (χ4v) is 4.14. The van der Waals surface area contributed by atoms with Gasteiger partial charge in [-0.05, 0) is 37.1 Å². The predicted molar refractivity (Wildman–Crippen MR) is 112 cm³/mol. The van der Waals surface area contributed by atoms with Crippen molar-refractivity contribution in [1.29, 1.82) is 0 Å². The zero-order chi connectivity index (χ0) is 20.5. The quantitative estimate of drug-likeness (QED) is 0.564. The molecular formula is C22H22N6O2. The standard InChI is InChI=1S/C22H22N6O2/c29-22(30)26-12-10-16(11-13-26)21-23-19-8-4-5-9-20(19)27(21)14-17-15-28(25-24-17)18-6-2-1-3-7-18/h1-9,15-16H,10-14H2,(H,29,30). The Balaban J connectivity index is 1.46. The third-order valence-corrected chi connectivity index (χ3v) is 5.70. The van der Waals surface area contributed by atoms with E-state index in [1.54, 1.807) is 4.68 Å². The average Bonchev–Trinajstić information content (AvgIpc) is 3.40. The minimum atomic E-state index is -0.848. The first kappa shape index (κ1) is 18.4. The fraction of sp³-hybridized carbons (Fsp3) is 0.273. The van der Waals surface area contributed by atoms with Crippen LogP contribution in [-0.2, 0) is 6.54 Å². The van der Waals surface area contributed by atoms with Gasteiger partial charge >= 0.3 is 6.09 Å². The molecule has 1 aliphatic rings. The minimum absolute atomic E-state index is 0.220. The summed E-state index contributed by atoms with van der Waals surface area (Å²) in [5.74, 6) is 1.22. The van der Waals surface area contributed by atoms with E-state index in [0.29, 0.717) is 19.6 Å². The van der Waals surface area contributed by atoms with Crippen LogP contribution in [0.25, 0.3) is 16.7 Å². The second-order valence-corrected chi connectivity index (χ2v) is 7.58. The maximum absolute atomic E-state index is 11.3. The molecule has 3 heterocycles. The molecule has 1 fully saturated rings. The van der Waals surface area contributed by atoms with E-state index in [0.717, 1.165) is 41.1 Å². The number of likely N-dealkylation sites (tertiary alicyclic amines) is 1. The number of amides is 1. The van der Waals surface area contributed by atoms with Crippen molar-refractivity contribution in [2.75, 3.05) is 13.1 Å². The monoisotopic (exact) mass is 402 g/mol. The van der Waals surface area contributed by atoms with Gasteiger partial charge in [-0.3, -0.25) is 0 Å². The summed E-state index contributed by atoms with van der Waals surface area (Å²) >= 11 is 0. The molecule has 0 unspecified atom stereocenters. The number of imidazole rings is 1. The molecule has 4 aromatic rings. The number of aromatic nitrogens is 5. The van der Waals surface area contributed by atoms with Crippen LogP contribution in [0.15, 0.2) is 60.8 Å². The van der Waals surface area contributed by atoms with Gasteiger partial charge in [0.25, 0.3) is 0 Å². The highest BCUT2D eigenvalue weighted by Gasteiger charge is 2.27. The van der Waals surface area contributed by atoms with Crippen molar-refractivity contribution in [3.05, 3.63) is 72.3 Å². The van der Waals surface area contributed by atoms with E-state index in [4.69, 9.17) is 4.98 Å². The number of fused-ring (bicyclic) bond motifs is 1. The summed E-state index contributed by atoms with van der Waals surface area (Å²) in [4.78, 5) is 17.6. The third-order valence-electron chi connectivity index (χ3n) is 5.70. The van der Waals surface area contributed by atoms with Gasteiger partial charge in [0.1, 0.15) is 11.5 Å². The average molecular weight is 402 g/mol. The summed E-state index contributed by atoms with van der Waals surface area (Å²) in [7, 11) is 0. The van der Waals surface area contributed by atoms with Crippen molar-refractivity contribution in [2.45, 2.75) is 25.3 Å². The van der Waals surface area contributed by atoms with Crippen LogP contribution in [0.3, 0.4) is 0 Å². The second kappa shape index (κ2) is 7.62. The van der Waals surface area contributed by atoms with E-state index in [1.165, 1.54) is 4.90 Å². The predicted octanol–water partition coefficient (Wildman–Crippen LogP) is 3.52. The van der Waals surface area contributed by atoms with Gasteiger partial charge in [0, 0.05) is 19.0 Å². The summed E-state index contributed by atoms with van der Waals surface area (Å²) < 4.78 is 3.98. The van der Waals surface area contributed by atoms with Gasteiger partial charge in [-0.25, -0.2) is 14.5 Å². The van der Waals surface area contributed by atoms with Crippen LogP contribution in [0, 0.1) is 0 Å². The number of para-hydroxylation sites is 3. The normalized spacial score (nSPS) is 15.0. The van der Waals surface area contributed by atoms with E-state index in [2.05, 4.69) is 20.9 Å². The van der Waals surface area contributed by atoms with Crippen LogP contribution in [0.4, 0.5) is 4.79 Å². The highest BCUT2D eigenvalue weighted by atomic mass is 16.4. The van der Waals surface area contributed by atoms with Gasteiger partial charge in [0.2, 0.25) is 0 Å². The molecule has 5 rings (SSSR count). The number of hydrogen-bond donors (Lipinski definition) is 1. The van der Waals surface area contributed by atoms with E-state index in [9.17, 15) is 9.90 Å². The molecule has 1 N–H and O–H groups in total. The van der Waals surface area contributed by atoms with Crippen molar-refractivity contribution in [2.24, 2.45) is 0 Å². The molecule has 1 aliphatic heterocycles. The van der Waals surface area contributed by atoms with Crippen LogP contribution < -0.4 is 0 Å². The van der Waals surface area contributed by atoms with Crippen LogP contribution in [0.1, 0.15) is 30.3 Å². The maximum atomic E-state index is 11.3. The fourth-order valence-electron chi connectivity index (χ4n) is 4.14. The Morgan fingerprint density at radius 1 is 1.03 bits per heavy atom. The Hall–Kier alpha value is -3.68. The summed E-state index contributed by atoms with van der Waals surface area (Å²) in [6.07, 6.45) is 2.64. The molecule has 8 nitrogen and oxygen atoms in total. The number of carbonyl (C=O) groups is 1. The van der Waals surface area contributed by atoms with E-state index < -0.39 is 6.09 Å². The lowest BCUT2D eigenvalue weighted by Crippen LogP contribution is -2.37. The molecule has 0 bridgehead atoms. The molecule has 2 aromatic heterocycles. The lowest BCUT2D eigenvalue weighted by molar-refractivity contribution is 0.131. The maximum Gasteiger partial charge on any atom is 0.407 e. The first-order chi connectivity index (χ1) is 14.7. The third kappa shape index (κ3) is 3.41. The lowest BCUT2D eigenvalue weighted by atomic mass is 9.96. The van der Waals surface area contributed by atoms with Gasteiger partial charge in [-0.15, -0.1) is 5.10 Å². The van der Waals surface area contributed by atoms with Gasteiger partial charge in [0.05, 0.1) is 29.5 Å². The first-order valence-electron chi connectivity index (χ1n) is 10.1. The number of piperidine rings is 1. The molecule has 0 saturated carbocycles. The molecule has 1 amide bonds. The Morgan fingerprint density at radius 2 is 1.77 bits per heavy atom. The summed E-state index contributed by atoms with van der Waals surface area (Å²) in [6.45, 7) is 1.64. The highest BCUT2D eigenvalue weighted by Crippen LogP contribution is 2.30. The summed E-state index contributed by atoms with van der Waals surface area (Å²) in [5, 5.41) is 17.9. The van der Waals surface area contributed by atoms with Gasteiger partial charge in [0.15, 0.2) is 0 Å². The van der Waals surface area contributed by atoms with Gasteiger partial charge in [-0.2, -0.15) is 0 Å². The van der Waals surface area contributed by atoms with Crippen LogP contribution in [0.5, 0.6) is 0 Å². The summed E-state index contributed by atoms with van der Waals surface area (Å²) in [5.41, 5.74) is 3.82. The highest BCUT2D eigenvalue weighted by molar-refractivity contribution is 5.76. The van der Waals surface area contributed by atoms with Crippen molar-refractivity contribution in [3.8, 4) is 5.69 Å². The summed E-state index contributed by atoms with van der Waals surface area (Å²) in [6, 6.07) is 18.0. The molecule has 0 atom stereocenters. The van der Waals surface area contributed by atoms with E-state index >= 15 is 0 Å². The molecule has 8 heteroatoms.